The van der Waals surface area contributed by atoms with Gasteiger partial charge in [0.1, 0.15) is 0 Å². The summed E-state index contributed by atoms with van der Waals surface area (Å²) in [5.41, 5.74) is 30.5. The predicted octanol–water partition coefficient (Wildman–Crippen LogP) is 16.4. The van der Waals surface area contributed by atoms with Crippen LogP contribution in [0.5, 0.6) is 0 Å². The van der Waals surface area contributed by atoms with Crippen LogP contribution in [0.2, 0.25) is 0 Å². The molecular weight excluding hydrogens is 1190 g/mol. The van der Waals surface area contributed by atoms with Crippen LogP contribution < -0.4 is 66.2 Å². The van der Waals surface area contributed by atoms with Crippen molar-refractivity contribution in [2.45, 2.75) is 19.3 Å². The number of benzene rings is 14. The molecule has 93 heavy (non-hydrogen) atoms. The molecular formula is C85H59B2N5Se. The van der Waals surface area contributed by atoms with Crippen molar-refractivity contribution in [2.75, 3.05) is 24.5 Å². The van der Waals surface area contributed by atoms with Crippen molar-refractivity contribution in [1.29, 1.82) is 0 Å². The molecule has 0 aromatic heterocycles. The van der Waals surface area contributed by atoms with Gasteiger partial charge >= 0.3 is 482 Å². The van der Waals surface area contributed by atoms with Gasteiger partial charge in [0.15, 0.2) is 0 Å². The van der Waals surface area contributed by atoms with Gasteiger partial charge in [0.25, 0.3) is 0 Å². The third-order valence-electron chi connectivity index (χ3n) is 20.1. The van der Waals surface area contributed by atoms with E-state index < -0.39 is 5.41 Å². The van der Waals surface area contributed by atoms with Crippen LogP contribution in [0, 0.1) is 0 Å². The Hall–Kier alpha value is -11.0. The second kappa shape index (κ2) is 21.0. The number of rotatable bonds is 9. The SMILES string of the molecule is CC1(C)c2cc(N(c3ccccc3)c3ccccc3)ccc2-c2cc3c4c(c21)N(c1ccccc1)c1ccccc1B4c1cc2c(cc1N3c1ccccc1)[Se]c1c3c(cc4cc(N(c5ccccc5)c5ccccc5)ccc14)N(c1ccccc1)c1ccccc1B23. The Kier molecular flexibility index (Phi) is 12.2. The predicted molar refractivity (Wildman–Crippen MR) is 396 cm³/mol. The van der Waals surface area contributed by atoms with E-state index in [2.05, 4.69) is 360 Å². The Labute approximate surface area is 550 Å². The van der Waals surface area contributed by atoms with Gasteiger partial charge in [-0.3, -0.25) is 0 Å². The molecule has 0 saturated heterocycles. The zero-order chi connectivity index (χ0) is 61.5. The first-order valence-electron chi connectivity index (χ1n) is 32.3. The van der Waals surface area contributed by atoms with E-state index >= 15 is 0 Å². The molecule has 4 aliphatic heterocycles. The summed E-state index contributed by atoms with van der Waals surface area (Å²) in [6, 6.07) is 120. The van der Waals surface area contributed by atoms with Crippen molar-refractivity contribution in [3.05, 3.63) is 333 Å². The molecule has 0 radical (unpaired) electrons. The fraction of sp³-hybridized carbons (Fsp3) is 0.0353. The fourth-order valence-electron chi connectivity index (χ4n) is 16.3. The van der Waals surface area contributed by atoms with Crippen LogP contribution in [-0.4, -0.2) is 28.4 Å². The van der Waals surface area contributed by atoms with Crippen molar-refractivity contribution < 1.29 is 0 Å². The maximum absolute atomic E-state index is 2.70. The second-order valence-corrected chi connectivity index (χ2v) is 27.7. The summed E-state index contributed by atoms with van der Waals surface area (Å²) in [5, 5.41) is 2.54. The monoisotopic (exact) mass is 1250 g/mol. The molecule has 14 aromatic carbocycles. The van der Waals surface area contributed by atoms with Crippen LogP contribution in [0.15, 0.2) is 322 Å². The standard InChI is InChI=1S/C85H59B2N5Se/c1-85(2)69-52-65(89(59-32-14-5-15-33-59)60-34-16-6-17-35-60)47-49-67(69)68-53-78-81-83(80(68)85)92(63-40-22-9-23-41-63)75-45-27-25-43-71(75)86(81)72-54-73-79(55-76(72)91(78)62-38-20-8-21-39-62)93-84-66-48-46-64(88(57-28-10-3-11-29-57)58-30-12-4-13-31-58)50-56(66)51-77-82(84)87(73)70-42-24-26-44-74(70)90(77)61-36-18-7-19-37-61/h3-55H,1-2H3. The Morgan fingerprint density at radius 3 is 1.31 bits per heavy atom. The zero-order valence-corrected chi connectivity index (χ0v) is 53.1. The minimum atomic E-state index is -0.425. The zero-order valence-electron chi connectivity index (χ0n) is 51.4. The van der Waals surface area contributed by atoms with Crippen molar-refractivity contribution in [2.24, 2.45) is 0 Å². The van der Waals surface area contributed by atoms with Gasteiger partial charge in [-0.1, -0.05) is 36.4 Å². The average Bonchev–Trinajstić information content (AvgIpc) is 1.64. The Morgan fingerprint density at radius 2 is 0.763 bits per heavy atom. The average molecular weight is 1250 g/mol. The summed E-state index contributed by atoms with van der Waals surface area (Å²) in [5.74, 6) is 0. The van der Waals surface area contributed by atoms with E-state index in [-0.39, 0.29) is 28.4 Å². The van der Waals surface area contributed by atoms with Crippen LogP contribution in [0.25, 0.3) is 21.9 Å². The second-order valence-electron chi connectivity index (χ2n) is 25.5. The topological polar surface area (TPSA) is 16.2 Å². The first kappa shape index (κ1) is 53.8. The molecule has 19 rings (SSSR count). The molecule has 8 heteroatoms. The molecule has 0 spiro atoms. The number of fused-ring (bicyclic) bond motifs is 14. The van der Waals surface area contributed by atoms with E-state index in [1.807, 2.05) is 0 Å². The van der Waals surface area contributed by atoms with E-state index in [0.717, 1.165) is 51.2 Å². The molecule has 0 atom stereocenters. The van der Waals surface area contributed by atoms with E-state index in [1.165, 1.54) is 109 Å². The van der Waals surface area contributed by atoms with Gasteiger partial charge in [-0.15, -0.1) is 0 Å². The molecule has 0 amide bonds. The van der Waals surface area contributed by atoms with E-state index in [1.54, 1.807) is 0 Å². The van der Waals surface area contributed by atoms with Gasteiger partial charge in [0.05, 0.1) is 0 Å². The fourth-order valence-corrected chi connectivity index (χ4v) is 19.0. The first-order valence-corrected chi connectivity index (χ1v) is 34.0. The molecule has 0 N–H and O–H groups in total. The van der Waals surface area contributed by atoms with Crippen LogP contribution in [0.4, 0.5) is 85.3 Å². The normalized spacial score (nSPS) is 13.8. The van der Waals surface area contributed by atoms with E-state index in [0.29, 0.717) is 0 Å². The van der Waals surface area contributed by atoms with E-state index in [9.17, 15) is 0 Å². The van der Waals surface area contributed by atoms with E-state index in [4.69, 9.17) is 0 Å². The van der Waals surface area contributed by atoms with Crippen LogP contribution in [0.1, 0.15) is 25.0 Å². The van der Waals surface area contributed by atoms with Crippen LogP contribution >= 0.6 is 0 Å². The number of nitrogens with zero attached hydrogens (tertiary/aromatic N) is 5. The molecule has 5 aliphatic rings. The number of hydrogen-bond donors (Lipinski definition) is 0. The van der Waals surface area contributed by atoms with Crippen molar-refractivity contribution >= 4 is 166 Å². The Morgan fingerprint density at radius 1 is 0.323 bits per heavy atom. The summed E-state index contributed by atoms with van der Waals surface area (Å²) >= 11 is -0.118. The summed E-state index contributed by atoms with van der Waals surface area (Å²) in [7, 11) is 0. The van der Waals surface area contributed by atoms with Crippen molar-refractivity contribution in [3.63, 3.8) is 0 Å². The van der Waals surface area contributed by atoms with Gasteiger partial charge in [0.2, 0.25) is 0 Å². The maximum atomic E-state index is 2.70. The molecule has 1 aliphatic carbocycles. The Balaban J connectivity index is 0.869. The summed E-state index contributed by atoms with van der Waals surface area (Å²) in [4.78, 5) is 12.6. The third-order valence-corrected chi connectivity index (χ3v) is 22.7. The van der Waals surface area contributed by atoms with Crippen LogP contribution in [-0.2, 0) is 5.41 Å². The van der Waals surface area contributed by atoms with Gasteiger partial charge < -0.3 is 0 Å². The minimum absolute atomic E-state index is 0.0315. The summed E-state index contributed by atoms with van der Waals surface area (Å²) in [6.07, 6.45) is 0. The van der Waals surface area contributed by atoms with Crippen molar-refractivity contribution in [3.8, 4) is 11.1 Å². The molecule has 5 nitrogen and oxygen atoms in total. The quantitative estimate of drug-likeness (QED) is 0.134. The third kappa shape index (κ3) is 8.15. The number of hydrogen-bond acceptors (Lipinski definition) is 5. The number of anilines is 15. The van der Waals surface area contributed by atoms with Gasteiger partial charge in [-0.25, -0.2) is 0 Å². The first-order chi connectivity index (χ1) is 45.9. The summed E-state index contributed by atoms with van der Waals surface area (Å²) < 4.78 is 2.86. The number of para-hydroxylation sites is 9. The molecule has 0 fully saturated rings. The summed E-state index contributed by atoms with van der Waals surface area (Å²) in [6.45, 7) is 4.82. The molecule has 0 saturated carbocycles. The van der Waals surface area contributed by atoms with Gasteiger partial charge in [-0.05, 0) is 24.3 Å². The molecule has 436 valence electrons. The van der Waals surface area contributed by atoms with Gasteiger partial charge in [0, 0.05) is 11.4 Å². The van der Waals surface area contributed by atoms with Crippen molar-refractivity contribution in [1.82, 2.24) is 0 Å². The van der Waals surface area contributed by atoms with Crippen LogP contribution in [0.3, 0.4) is 0 Å². The molecule has 0 unspecified atom stereocenters. The Bertz CT molecular complexity index is 5230. The molecule has 14 aromatic rings. The molecule has 4 heterocycles. The van der Waals surface area contributed by atoms with Gasteiger partial charge in [-0.2, -0.15) is 0 Å². The molecule has 0 bridgehead atoms.